The minimum absolute atomic E-state index is 0.0809. The summed E-state index contributed by atoms with van der Waals surface area (Å²) in [6.45, 7) is 15.1. The summed E-state index contributed by atoms with van der Waals surface area (Å²) >= 11 is 12.4. The van der Waals surface area contributed by atoms with Crippen molar-refractivity contribution >= 4 is 35.4 Å². The summed E-state index contributed by atoms with van der Waals surface area (Å²) < 4.78 is 41.3. The van der Waals surface area contributed by atoms with E-state index in [0.717, 1.165) is 5.56 Å². The summed E-state index contributed by atoms with van der Waals surface area (Å²) in [6.07, 6.45) is 4.36. The van der Waals surface area contributed by atoms with Gasteiger partial charge in [0.2, 0.25) is 0 Å². The zero-order valence-electron chi connectivity index (χ0n) is 29.8. The molecule has 0 saturated carbocycles. The SMILES string of the molecule is C=CCc1cnc(C2(F)CCN(C(=O)OC(C)(C)C)CC2)c(Cl)c1.CC(C)(C)OC(=O)N1CCC(F)(c2ncc(C[C@@H](O)CO)cc2Cl)CC1. The van der Waals surface area contributed by atoms with Crippen LogP contribution >= 0.6 is 23.2 Å². The third kappa shape index (κ3) is 11.7. The summed E-state index contributed by atoms with van der Waals surface area (Å²) in [5, 5.41) is 18.9. The second kappa shape index (κ2) is 17.0. The standard InChI is InChI=1S/C18H26ClFN2O4.C18H24ClFN2O2/c1-17(2,3)26-16(25)22-6-4-18(20,5-7-22)15-14(19)9-12(10-21-15)8-13(24)11-23;1-5-6-13-11-14(19)15(21-12-13)18(20)7-9-22(10-8-18)16(23)24-17(2,3)4/h9-10,13,23-24H,4-8,11H2,1-3H3;5,11-12H,1,6-10H2,2-4H3/t13-;/m1./s1. The summed E-state index contributed by atoms with van der Waals surface area (Å²) in [5.41, 5.74) is -2.59. The lowest BCUT2D eigenvalue weighted by Gasteiger charge is -2.37. The van der Waals surface area contributed by atoms with E-state index in [4.69, 9.17) is 37.8 Å². The van der Waals surface area contributed by atoms with Gasteiger partial charge in [0.25, 0.3) is 0 Å². The molecule has 4 heterocycles. The van der Waals surface area contributed by atoms with Gasteiger partial charge in [0.15, 0.2) is 11.3 Å². The van der Waals surface area contributed by atoms with Crippen LogP contribution in [0.5, 0.6) is 0 Å². The third-order valence-corrected chi connectivity index (χ3v) is 8.70. The highest BCUT2D eigenvalue weighted by atomic mass is 35.5. The van der Waals surface area contributed by atoms with Crippen LogP contribution in [0.2, 0.25) is 10.0 Å². The molecule has 2 aliphatic rings. The summed E-state index contributed by atoms with van der Waals surface area (Å²) in [4.78, 5) is 35.6. The number of ether oxygens (including phenoxy) is 2. The van der Waals surface area contributed by atoms with Gasteiger partial charge >= 0.3 is 12.2 Å². The van der Waals surface area contributed by atoms with Crippen LogP contribution in [0.25, 0.3) is 0 Å². The zero-order valence-corrected chi connectivity index (χ0v) is 31.3. The minimum atomic E-state index is -1.72. The molecule has 10 nitrogen and oxygen atoms in total. The van der Waals surface area contributed by atoms with E-state index in [1.54, 1.807) is 45.2 Å². The number of aromatic nitrogens is 2. The number of rotatable bonds is 7. The summed E-state index contributed by atoms with van der Waals surface area (Å²) in [5.74, 6) is 0. The van der Waals surface area contributed by atoms with E-state index in [0.29, 0.717) is 17.0 Å². The van der Waals surface area contributed by atoms with Gasteiger partial charge in [0.1, 0.15) is 11.2 Å². The van der Waals surface area contributed by atoms with Gasteiger partial charge in [-0.15, -0.1) is 6.58 Å². The lowest BCUT2D eigenvalue weighted by Crippen LogP contribution is -2.45. The number of aliphatic hydroxyl groups is 2. The van der Waals surface area contributed by atoms with Crippen molar-refractivity contribution in [3.8, 4) is 0 Å². The highest BCUT2D eigenvalue weighted by molar-refractivity contribution is 6.31. The average molecular weight is 744 g/mol. The third-order valence-electron chi connectivity index (χ3n) is 8.12. The largest absolute Gasteiger partial charge is 0.444 e. The predicted molar refractivity (Wildman–Crippen MR) is 189 cm³/mol. The Hall–Kier alpha value is -3.06. The van der Waals surface area contributed by atoms with Crippen molar-refractivity contribution in [1.82, 2.24) is 19.8 Å². The molecule has 2 N–H and O–H groups in total. The Labute approximate surface area is 303 Å². The second-order valence-corrected chi connectivity index (χ2v) is 15.6. The number of carbonyl (C=O) groups is 2. The molecule has 2 aromatic rings. The number of aliphatic hydroxyl groups excluding tert-OH is 2. The van der Waals surface area contributed by atoms with Crippen molar-refractivity contribution in [3.63, 3.8) is 0 Å². The molecule has 4 rings (SSSR count). The van der Waals surface area contributed by atoms with E-state index >= 15 is 8.78 Å². The Morgan fingerprint density at radius 3 is 1.58 bits per heavy atom. The fourth-order valence-corrected chi connectivity index (χ4v) is 6.27. The molecule has 0 spiro atoms. The molecule has 0 bridgehead atoms. The Kier molecular flexibility index (Phi) is 14.0. The average Bonchev–Trinajstić information content (AvgIpc) is 3.00. The van der Waals surface area contributed by atoms with E-state index in [1.165, 1.54) is 16.0 Å². The van der Waals surface area contributed by atoms with Crippen LogP contribution < -0.4 is 0 Å². The fourth-order valence-electron chi connectivity index (χ4n) is 5.56. The van der Waals surface area contributed by atoms with Gasteiger partial charge in [-0.3, -0.25) is 9.97 Å². The Morgan fingerprint density at radius 1 is 0.860 bits per heavy atom. The van der Waals surface area contributed by atoms with E-state index in [9.17, 15) is 14.7 Å². The molecule has 278 valence electrons. The smallest absolute Gasteiger partial charge is 0.410 e. The molecule has 0 unspecified atom stereocenters. The molecular formula is C36H50Cl2F2N4O6. The maximum atomic E-state index is 15.4. The minimum Gasteiger partial charge on any atom is -0.444 e. The van der Waals surface area contributed by atoms with Crippen LogP contribution in [0.4, 0.5) is 18.4 Å². The molecule has 14 heteroatoms. The van der Waals surface area contributed by atoms with Crippen LogP contribution in [0.1, 0.15) is 89.7 Å². The molecule has 2 aliphatic heterocycles. The van der Waals surface area contributed by atoms with Crippen molar-refractivity contribution in [3.05, 3.63) is 69.7 Å². The van der Waals surface area contributed by atoms with Gasteiger partial charge in [-0.25, -0.2) is 18.4 Å². The molecule has 1 atom stereocenters. The van der Waals surface area contributed by atoms with Gasteiger partial charge in [0, 0.05) is 70.7 Å². The molecular weight excluding hydrogens is 693 g/mol. The summed E-state index contributed by atoms with van der Waals surface area (Å²) in [6, 6.07) is 3.29. The maximum Gasteiger partial charge on any atom is 0.410 e. The van der Waals surface area contributed by atoms with Gasteiger partial charge in [0.05, 0.1) is 34.1 Å². The van der Waals surface area contributed by atoms with Crippen molar-refractivity contribution in [1.29, 1.82) is 0 Å². The van der Waals surface area contributed by atoms with Crippen molar-refractivity contribution in [2.75, 3.05) is 32.8 Å². The highest BCUT2D eigenvalue weighted by Gasteiger charge is 2.42. The number of allylic oxidation sites excluding steroid dienone is 1. The Morgan fingerprint density at radius 2 is 1.24 bits per heavy atom. The van der Waals surface area contributed by atoms with Gasteiger partial charge in [-0.1, -0.05) is 29.3 Å². The van der Waals surface area contributed by atoms with Crippen LogP contribution in [0.15, 0.2) is 37.2 Å². The number of hydrogen-bond donors (Lipinski definition) is 2. The number of nitrogens with zero attached hydrogens (tertiary/aromatic N) is 4. The number of amides is 2. The normalized spacial score (nSPS) is 18.0. The maximum absolute atomic E-state index is 15.4. The summed E-state index contributed by atoms with van der Waals surface area (Å²) in [7, 11) is 0. The van der Waals surface area contributed by atoms with Crippen LogP contribution in [0.3, 0.4) is 0 Å². The topological polar surface area (TPSA) is 125 Å². The van der Waals surface area contributed by atoms with Crippen LogP contribution in [0, 0.1) is 0 Å². The Bertz CT molecular complexity index is 1480. The number of likely N-dealkylation sites (tertiary alicyclic amines) is 2. The number of halogens is 4. The van der Waals surface area contributed by atoms with Gasteiger partial charge in [-0.05, 0) is 71.2 Å². The molecule has 2 amide bonds. The number of carbonyl (C=O) groups excluding carboxylic acids is 2. The zero-order chi connectivity index (χ0) is 37.5. The molecule has 50 heavy (non-hydrogen) atoms. The number of pyridine rings is 2. The quantitative estimate of drug-likeness (QED) is 0.280. The van der Waals surface area contributed by atoms with Crippen molar-refractivity contribution in [2.24, 2.45) is 0 Å². The first-order valence-corrected chi connectivity index (χ1v) is 17.5. The number of alkyl halides is 2. The van der Waals surface area contributed by atoms with E-state index in [-0.39, 0.29) is 81.3 Å². The van der Waals surface area contributed by atoms with Crippen LogP contribution in [-0.4, -0.2) is 92.3 Å². The van der Waals surface area contributed by atoms with E-state index in [1.807, 2.05) is 20.8 Å². The van der Waals surface area contributed by atoms with Crippen molar-refractivity contribution < 1.29 is 38.1 Å². The molecule has 2 fully saturated rings. The molecule has 0 aromatic carbocycles. The van der Waals surface area contributed by atoms with Crippen LogP contribution in [-0.2, 0) is 33.7 Å². The lowest BCUT2D eigenvalue weighted by atomic mass is 9.89. The predicted octanol–water partition coefficient (Wildman–Crippen LogP) is 7.49. The molecule has 0 aliphatic carbocycles. The fraction of sp³-hybridized carbons (Fsp3) is 0.611. The van der Waals surface area contributed by atoms with Gasteiger partial charge < -0.3 is 29.5 Å². The number of hydrogen-bond acceptors (Lipinski definition) is 8. The van der Waals surface area contributed by atoms with E-state index in [2.05, 4.69) is 16.5 Å². The second-order valence-electron chi connectivity index (χ2n) is 14.7. The molecule has 0 radical (unpaired) electrons. The first-order chi connectivity index (χ1) is 23.2. The highest BCUT2D eigenvalue weighted by Crippen LogP contribution is 2.41. The monoisotopic (exact) mass is 742 g/mol. The number of piperidine rings is 2. The molecule has 2 aromatic heterocycles. The Balaban J connectivity index is 0.000000271. The van der Waals surface area contributed by atoms with Crippen molar-refractivity contribution in [2.45, 2.75) is 109 Å². The first kappa shape index (κ1) is 41.4. The lowest BCUT2D eigenvalue weighted by molar-refractivity contribution is 0.000102. The molecule has 2 saturated heterocycles. The van der Waals surface area contributed by atoms with E-state index < -0.39 is 40.8 Å². The first-order valence-electron chi connectivity index (χ1n) is 16.7. The van der Waals surface area contributed by atoms with Gasteiger partial charge in [-0.2, -0.15) is 0 Å².